The van der Waals surface area contributed by atoms with Crippen molar-refractivity contribution >= 4 is 0 Å². The molecular formula is C17H32N2O. The first-order chi connectivity index (χ1) is 9.93. The molecule has 4 atom stereocenters. The number of rotatable bonds is 4. The molecular weight excluding hydrogens is 248 g/mol. The maximum Gasteiger partial charge on any atom is 0.0699 e. The Balaban J connectivity index is 1.49. The fourth-order valence-corrected chi connectivity index (χ4v) is 4.39. The third-order valence-electron chi connectivity index (χ3n) is 5.57. The lowest BCUT2D eigenvalue weighted by atomic mass is 9.77. The van der Waals surface area contributed by atoms with Crippen LogP contribution in [0.2, 0.25) is 0 Å². The van der Waals surface area contributed by atoms with Gasteiger partial charge in [0.05, 0.1) is 6.10 Å². The van der Waals surface area contributed by atoms with Gasteiger partial charge in [-0.3, -0.25) is 0 Å². The van der Waals surface area contributed by atoms with Crippen LogP contribution >= 0.6 is 0 Å². The molecule has 1 aliphatic carbocycles. The van der Waals surface area contributed by atoms with Crippen molar-refractivity contribution in [1.82, 2.24) is 10.6 Å². The van der Waals surface area contributed by atoms with E-state index < -0.39 is 0 Å². The molecule has 2 aliphatic heterocycles. The summed E-state index contributed by atoms with van der Waals surface area (Å²) in [6.45, 7) is 3.29. The summed E-state index contributed by atoms with van der Waals surface area (Å²) in [5.74, 6) is 0.854. The summed E-state index contributed by atoms with van der Waals surface area (Å²) >= 11 is 0. The zero-order valence-corrected chi connectivity index (χ0v) is 12.9. The van der Waals surface area contributed by atoms with E-state index in [1.807, 2.05) is 0 Å². The van der Waals surface area contributed by atoms with Crippen LogP contribution in [-0.2, 0) is 4.74 Å². The van der Waals surface area contributed by atoms with Gasteiger partial charge in [-0.05, 0) is 57.4 Å². The van der Waals surface area contributed by atoms with Crippen molar-refractivity contribution in [3.8, 4) is 0 Å². The smallest absolute Gasteiger partial charge is 0.0699 e. The van der Waals surface area contributed by atoms with Crippen molar-refractivity contribution in [3.63, 3.8) is 0 Å². The third kappa shape index (κ3) is 3.96. The van der Waals surface area contributed by atoms with Crippen LogP contribution in [-0.4, -0.2) is 37.9 Å². The lowest BCUT2D eigenvalue weighted by Gasteiger charge is -2.40. The molecule has 3 rings (SSSR count). The van der Waals surface area contributed by atoms with Gasteiger partial charge in [-0.15, -0.1) is 0 Å². The van der Waals surface area contributed by atoms with Crippen LogP contribution in [0, 0.1) is 5.92 Å². The van der Waals surface area contributed by atoms with Gasteiger partial charge in [0.25, 0.3) is 0 Å². The summed E-state index contributed by atoms with van der Waals surface area (Å²) < 4.78 is 5.87. The Morgan fingerprint density at radius 3 is 2.55 bits per heavy atom. The van der Waals surface area contributed by atoms with Crippen LogP contribution in [0.4, 0.5) is 0 Å². The Morgan fingerprint density at radius 2 is 1.75 bits per heavy atom. The van der Waals surface area contributed by atoms with Gasteiger partial charge in [-0.1, -0.05) is 19.3 Å². The zero-order chi connectivity index (χ0) is 13.6. The van der Waals surface area contributed by atoms with Crippen molar-refractivity contribution in [1.29, 1.82) is 0 Å². The van der Waals surface area contributed by atoms with Crippen molar-refractivity contribution in [3.05, 3.63) is 0 Å². The van der Waals surface area contributed by atoms with Crippen molar-refractivity contribution in [2.45, 2.75) is 82.4 Å². The highest BCUT2D eigenvalue weighted by Crippen LogP contribution is 2.30. The van der Waals surface area contributed by atoms with E-state index in [4.69, 9.17) is 4.74 Å². The molecule has 0 spiro atoms. The second kappa shape index (κ2) is 7.77. The largest absolute Gasteiger partial charge is 0.377 e. The van der Waals surface area contributed by atoms with E-state index >= 15 is 0 Å². The fraction of sp³-hybridized carbons (Fsp3) is 1.00. The van der Waals surface area contributed by atoms with Crippen LogP contribution in [0.5, 0.6) is 0 Å². The zero-order valence-electron chi connectivity index (χ0n) is 12.9. The Bertz CT molecular complexity index is 272. The molecule has 0 bridgehead atoms. The number of ether oxygens (including phenoxy) is 1. The molecule has 0 aromatic carbocycles. The van der Waals surface area contributed by atoms with E-state index in [-0.39, 0.29) is 0 Å². The van der Waals surface area contributed by atoms with Gasteiger partial charge >= 0.3 is 0 Å². The maximum atomic E-state index is 5.87. The Kier molecular flexibility index (Phi) is 5.75. The normalized spacial score (nSPS) is 39.6. The molecule has 2 heterocycles. The van der Waals surface area contributed by atoms with Crippen molar-refractivity contribution in [2.75, 3.05) is 19.7 Å². The van der Waals surface area contributed by atoms with Gasteiger partial charge in [0.15, 0.2) is 0 Å². The predicted octanol–water partition coefficient (Wildman–Crippen LogP) is 2.85. The van der Waals surface area contributed by atoms with Gasteiger partial charge in [-0.2, -0.15) is 0 Å². The van der Waals surface area contributed by atoms with Crippen molar-refractivity contribution in [2.24, 2.45) is 5.92 Å². The van der Waals surface area contributed by atoms with Crippen molar-refractivity contribution < 1.29 is 4.74 Å². The number of hydrogen-bond donors (Lipinski definition) is 2. The molecule has 3 aliphatic rings. The van der Waals surface area contributed by atoms with E-state index in [0.29, 0.717) is 6.10 Å². The standard InChI is InChI=1S/C17H32N2O/c1-2-9-17(19-13-14-7-4-6-12-20-14)15(8-1)16-10-3-5-11-18-16/h14-19H,1-13H2. The first kappa shape index (κ1) is 14.8. The summed E-state index contributed by atoms with van der Waals surface area (Å²) in [5.41, 5.74) is 0. The summed E-state index contributed by atoms with van der Waals surface area (Å²) in [7, 11) is 0. The molecule has 2 saturated heterocycles. The minimum absolute atomic E-state index is 0.477. The monoisotopic (exact) mass is 280 g/mol. The maximum absolute atomic E-state index is 5.87. The SMILES string of the molecule is C1CCC(C2CCCCC2NCC2CCCCO2)NC1. The van der Waals surface area contributed by atoms with Gasteiger partial charge in [0.1, 0.15) is 0 Å². The minimum atomic E-state index is 0.477. The first-order valence-corrected chi connectivity index (χ1v) is 9.02. The summed E-state index contributed by atoms with van der Waals surface area (Å²) in [6, 6.07) is 1.50. The van der Waals surface area contributed by atoms with Gasteiger partial charge < -0.3 is 15.4 Å². The van der Waals surface area contributed by atoms with E-state index in [9.17, 15) is 0 Å². The number of piperidine rings is 1. The first-order valence-electron chi connectivity index (χ1n) is 9.02. The Morgan fingerprint density at radius 1 is 0.900 bits per heavy atom. The second-order valence-electron chi connectivity index (χ2n) is 7.01. The summed E-state index contributed by atoms with van der Waals surface area (Å²) in [4.78, 5) is 0. The molecule has 1 saturated carbocycles. The highest BCUT2D eigenvalue weighted by molar-refractivity contribution is 4.91. The molecule has 116 valence electrons. The molecule has 3 nitrogen and oxygen atoms in total. The second-order valence-corrected chi connectivity index (χ2v) is 7.01. The van der Waals surface area contributed by atoms with Crippen LogP contribution in [0.25, 0.3) is 0 Å². The highest BCUT2D eigenvalue weighted by Gasteiger charge is 2.32. The average Bonchev–Trinajstić information content (AvgIpc) is 2.55. The summed E-state index contributed by atoms with van der Waals surface area (Å²) in [5, 5.41) is 7.66. The summed E-state index contributed by atoms with van der Waals surface area (Å²) in [6.07, 6.45) is 14.2. The molecule has 4 unspecified atom stereocenters. The lowest BCUT2D eigenvalue weighted by molar-refractivity contribution is 0.0122. The fourth-order valence-electron chi connectivity index (χ4n) is 4.39. The van der Waals surface area contributed by atoms with E-state index in [1.54, 1.807) is 0 Å². The minimum Gasteiger partial charge on any atom is -0.377 e. The Labute approximate surface area is 124 Å². The van der Waals surface area contributed by atoms with Gasteiger partial charge in [0.2, 0.25) is 0 Å². The van der Waals surface area contributed by atoms with E-state index in [2.05, 4.69) is 10.6 Å². The van der Waals surface area contributed by atoms with Gasteiger partial charge in [-0.25, -0.2) is 0 Å². The predicted molar refractivity (Wildman–Crippen MR) is 83.0 cm³/mol. The van der Waals surface area contributed by atoms with Crippen LogP contribution in [0.3, 0.4) is 0 Å². The molecule has 2 N–H and O–H groups in total. The number of hydrogen-bond acceptors (Lipinski definition) is 3. The molecule has 0 amide bonds. The van der Waals surface area contributed by atoms with Crippen LogP contribution in [0.1, 0.15) is 64.2 Å². The van der Waals surface area contributed by atoms with Crippen LogP contribution in [0.15, 0.2) is 0 Å². The molecule has 20 heavy (non-hydrogen) atoms. The molecule has 0 radical (unpaired) electrons. The topological polar surface area (TPSA) is 33.3 Å². The molecule has 3 fully saturated rings. The molecule has 3 heteroatoms. The molecule has 0 aromatic rings. The van der Waals surface area contributed by atoms with Gasteiger partial charge in [0, 0.05) is 25.2 Å². The van der Waals surface area contributed by atoms with Crippen LogP contribution < -0.4 is 10.6 Å². The third-order valence-corrected chi connectivity index (χ3v) is 5.57. The lowest BCUT2D eigenvalue weighted by Crippen LogP contribution is -2.52. The molecule has 0 aromatic heterocycles. The highest BCUT2D eigenvalue weighted by atomic mass is 16.5. The van der Waals surface area contributed by atoms with E-state index in [1.165, 1.54) is 70.8 Å². The Hall–Kier alpha value is -0.120. The number of nitrogens with one attached hydrogen (secondary N) is 2. The quantitative estimate of drug-likeness (QED) is 0.831. The average molecular weight is 280 g/mol. The van der Waals surface area contributed by atoms with E-state index in [0.717, 1.165) is 31.2 Å².